The molecule has 1 atom stereocenters. The van der Waals surface area contributed by atoms with Gasteiger partial charge in [0.05, 0.1) is 19.9 Å². The zero-order valence-corrected chi connectivity index (χ0v) is 13.1. The maximum atomic E-state index is 10.9. The molecule has 20 heavy (non-hydrogen) atoms. The Labute approximate surface area is 123 Å². The second-order valence-electron chi connectivity index (χ2n) is 5.14. The first-order valence-corrected chi connectivity index (χ1v) is 7.36. The Morgan fingerprint density at radius 1 is 1.50 bits per heavy atom. The fourth-order valence-electron chi connectivity index (χ4n) is 2.15. The third kappa shape index (κ3) is 2.87. The van der Waals surface area contributed by atoms with Gasteiger partial charge >= 0.3 is 0 Å². The molecule has 0 fully saturated rings. The topological polar surface area (TPSA) is 50.5 Å². The monoisotopic (exact) mass is 295 g/mol. The number of methoxy groups -OCH3 is 1. The second kappa shape index (κ2) is 5.95. The molecule has 2 aromatic rings. The number of rotatable bonds is 6. The molecule has 0 saturated carbocycles. The minimum absolute atomic E-state index is 0.613. The van der Waals surface area contributed by atoms with Crippen molar-refractivity contribution in [3.8, 4) is 5.75 Å². The van der Waals surface area contributed by atoms with Gasteiger partial charge < -0.3 is 14.7 Å². The molecule has 0 aliphatic carbocycles. The van der Waals surface area contributed by atoms with Gasteiger partial charge in [-0.05, 0) is 32.5 Å². The van der Waals surface area contributed by atoms with E-state index >= 15 is 0 Å². The number of ether oxygens (including phenoxy) is 1. The Kier molecular flexibility index (Phi) is 4.47. The molecule has 0 saturated heterocycles. The van der Waals surface area contributed by atoms with Gasteiger partial charge in [0.25, 0.3) is 0 Å². The summed E-state index contributed by atoms with van der Waals surface area (Å²) < 4.78 is 7.18. The number of aromatic nitrogens is 2. The van der Waals surface area contributed by atoms with Gasteiger partial charge in [-0.15, -0.1) is 11.3 Å². The summed E-state index contributed by atoms with van der Waals surface area (Å²) in [5.41, 5.74) is -0.410. The summed E-state index contributed by atoms with van der Waals surface area (Å²) in [6, 6.07) is 3.86. The summed E-state index contributed by atoms with van der Waals surface area (Å²) in [7, 11) is 5.62. The van der Waals surface area contributed by atoms with E-state index in [9.17, 15) is 5.11 Å². The van der Waals surface area contributed by atoms with Gasteiger partial charge in [0.1, 0.15) is 11.3 Å². The van der Waals surface area contributed by atoms with E-state index in [-0.39, 0.29) is 0 Å². The quantitative estimate of drug-likeness (QED) is 0.882. The van der Waals surface area contributed by atoms with Gasteiger partial charge in [-0.2, -0.15) is 5.10 Å². The fourth-order valence-corrected chi connectivity index (χ4v) is 2.93. The van der Waals surface area contributed by atoms with Crippen molar-refractivity contribution in [1.29, 1.82) is 0 Å². The van der Waals surface area contributed by atoms with Crippen LogP contribution in [-0.2, 0) is 12.1 Å². The van der Waals surface area contributed by atoms with Crippen molar-refractivity contribution in [2.75, 3.05) is 27.7 Å². The number of thiophene rings is 1. The molecular weight excluding hydrogens is 274 g/mol. The van der Waals surface area contributed by atoms with Crippen molar-refractivity contribution in [2.24, 2.45) is 0 Å². The molecule has 0 aromatic carbocycles. The summed E-state index contributed by atoms with van der Waals surface area (Å²) in [5.74, 6) is 0.613. The largest absolute Gasteiger partial charge is 0.493 e. The summed E-state index contributed by atoms with van der Waals surface area (Å²) in [6.45, 7) is 3.33. The molecule has 110 valence electrons. The van der Waals surface area contributed by atoms with Crippen LogP contribution in [-0.4, -0.2) is 47.5 Å². The molecule has 0 aliphatic heterocycles. The standard InChI is InChI=1S/C14H21N3O2S/c1-14(18,12-6-5-9-20-12)13-11(19-4)10-15-17(13)8-7-16(2)3/h5-6,9-10,18H,7-8H2,1-4H3. The lowest BCUT2D eigenvalue weighted by molar-refractivity contribution is 0.0914. The van der Waals surface area contributed by atoms with Crippen molar-refractivity contribution in [3.63, 3.8) is 0 Å². The molecule has 0 amide bonds. The number of hydrogen-bond donors (Lipinski definition) is 1. The van der Waals surface area contributed by atoms with Gasteiger partial charge in [-0.1, -0.05) is 6.07 Å². The van der Waals surface area contributed by atoms with Gasteiger partial charge in [0, 0.05) is 11.4 Å². The summed E-state index contributed by atoms with van der Waals surface area (Å²) >= 11 is 1.52. The highest BCUT2D eigenvalue weighted by Gasteiger charge is 2.34. The first kappa shape index (κ1) is 15.0. The molecule has 0 spiro atoms. The van der Waals surface area contributed by atoms with Gasteiger partial charge in [-0.3, -0.25) is 4.68 Å². The van der Waals surface area contributed by atoms with Crippen molar-refractivity contribution in [1.82, 2.24) is 14.7 Å². The Morgan fingerprint density at radius 3 is 2.80 bits per heavy atom. The first-order chi connectivity index (χ1) is 9.46. The smallest absolute Gasteiger partial charge is 0.163 e. The summed E-state index contributed by atoms with van der Waals surface area (Å²) in [6.07, 6.45) is 1.66. The van der Waals surface area contributed by atoms with E-state index in [1.807, 2.05) is 36.3 Å². The maximum absolute atomic E-state index is 10.9. The molecule has 5 nitrogen and oxygen atoms in total. The van der Waals surface area contributed by atoms with Crippen molar-refractivity contribution in [3.05, 3.63) is 34.3 Å². The molecule has 0 bridgehead atoms. The zero-order valence-electron chi connectivity index (χ0n) is 12.3. The third-order valence-electron chi connectivity index (χ3n) is 3.25. The van der Waals surface area contributed by atoms with Gasteiger partial charge in [0.15, 0.2) is 5.75 Å². The van der Waals surface area contributed by atoms with Gasteiger partial charge in [-0.25, -0.2) is 0 Å². The zero-order chi connectivity index (χ0) is 14.8. The second-order valence-corrected chi connectivity index (χ2v) is 6.09. The average molecular weight is 295 g/mol. The molecule has 2 rings (SSSR count). The molecule has 0 aliphatic rings. The Bertz CT molecular complexity index is 547. The number of nitrogens with zero attached hydrogens (tertiary/aromatic N) is 3. The van der Waals surface area contributed by atoms with Crippen LogP contribution in [0.25, 0.3) is 0 Å². The van der Waals surface area contributed by atoms with Gasteiger partial charge in [0.2, 0.25) is 0 Å². The molecule has 0 radical (unpaired) electrons. The minimum Gasteiger partial charge on any atom is -0.493 e. The highest BCUT2D eigenvalue weighted by molar-refractivity contribution is 7.10. The normalized spacial score (nSPS) is 14.5. The highest BCUT2D eigenvalue weighted by Crippen LogP contribution is 2.37. The van der Waals surface area contributed by atoms with Crippen LogP contribution in [0.15, 0.2) is 23.7 Å². The SMILES string of the molecule is COc1cnn(CCN(C)C)c1C(C)(O)c1cccs1. The van der Waals surface area contributed by atoms with Crippen LogP contribution in [0.4, 0.5) is 0 Å². The first-order valence-electron chi connectivity index (χ1n) is 6.48. The minimum atomic E-state index is -1.11. The molecule has 6 heteroatoms. The van der Waals surface area contributed by atoms with Crippen LogP contribution in [0, 0.1) is 0 Å². The summed E-state index contributed by atoms with van der Waals surface area (Å²) in [4.78, 5) is 2.96. The number of aliphatic hydroxyl groups is 1. The van der Waals surface area contributed by atoms with Crippen LogP contribution >= 0.6 is 11.3 Å². The van der Waals surface area contributed by atoms with E-state index in [4.69, 9.17) is 4.74 Å². The summed E-state index contributed by atoms with van der Waals surface area (Å²) in [5, 5.41) is 17.2. The lowest BCUT2D eigenvalue weighted by Gasteiger charge is -2.25. The number of likely N-dealkylation sites (N-methyl/N-ethyl adjacent to an activating group) is 1. The Hall–Kier alpha value is -1.37. The van der Waals surface area contributed by atoms with Crippen LogP contribution in [0.2, 0.25) is 0 Å². The molecule has 2 aromatic heterocycles. The van der Waals surface area contributed by atoms with Crippen molar-refractivity contribution < 1.29 is 9.84 Å². The molecule has 1 N–H and O–H groups in total. The van der Waals surface area contributed by atoms with Crippen molar-refractivity contribution >= 4 is 11.3 Å². The number of hydrogen-bond acceptors (Lipinski definition) is 5. The predicted octanol–water partition coefficient (Wildman–Crippen LogP) is 1.77. The van der Waals surface area contributed by atoms with E-state index in [0.717, 1.165) is 11.4 Å². The average Bonchev–Trinajstić information content (AvgIpc) is 3.05. The van der Waals surface area contributed by atoms with Crippen LogP contribution in [0.5, 0.6) is 5.75 Å². The fraction of sp³-hybridized carbons (Fsp3) is 0.500. The van der Waals surface area contributed by atoms with Crippen LogP contribution in [0.1, 0.15) is 17.5 Å². The van der Waals surface area contributed by atoms with E-state index in [2.05, 4.69) is 10.00 Å². The molecule has 1 unspecified atom stereocenters. The van der Waals surface area contributed by atoms with E-state index < -0.39 is 5.60 Å². The molecular formula is C14H21N3O2S. The third-order valence-corrected chi connectivity index (χ3v) is 4.33. The Balaban J connectivity index is 2.40. The van der Waals surface area contributed by atoms with Crippen LogP contribution in [0.3, 0.4) is 0 Å². The highest BCUT2D eigenvalue weighted by atomic mass is 32.1. The van der Waals surface area contributed by atoms with E-state index in [1.54, 1.807) is 20.2 Å². The Morgan fingerprint density at radius 2 is 2.25 bits per heavy atom. The lowest BCUT2D eigenvalue weighted by atomic mass is 9.99. The van der Waals surface area contributed by atoms with E-state index in [0.29, 0.717) is 18.0 Å². The predicted molar refractivity (Wildman–Crippen MR) is 80.3 cm³/mol. The maximum Gasteiger partial charge on any atom is 0.163 e. The van der Waals surface area contributed by atoms with Crippen molar-refractivity contribution in [2.45, 2.75) is 19.1 Å². The van der Waals surface area contributed by atoms with E-state index in [1.165, 1.54) is 11.3 Å². The molecule has 2 heterocycles. The van der Waals surface area contributed by atoms with Crippen LogP contribution < -0.4 is 4.74 Å². The lowest BCUT2D eigenvalue weighted by Crippen LogP contribution is -2.29.